The molecule has 1 amide bonds. The van der Waals surface area contributed by atoms with Crippen LogP contribution in [-0.4, -0.2) is 30.9 Å². The van der Waals surface area contributed by atoms with Crippen molar-refractivity contribution in [2.75, 3.05) is 31.2 Å². The second-order valence-corrected chi connectivity index (χ2v) is 5.93. The fourth-order valence-electron chi connectivity index (χ4n) is 2.38. The van der Waals surface area contributed by atoms with Crippen molar-refractivity contribution in [1.29, 1.82) is 0 Å². The largest absolute Gasteiger partial charge is 0.399 e. The van der Waals surface area contributed by atoms with Gasteiger partial charge in [0, 0.05) is 24.3 Å². The molecule has 20 heavy (non-hydrogen) atoms. The molecule has 1 saturated carbocycles. The van der Waals surface area contributed by atoms with Crippen LogP contribution in [0, 0.1) is 12.8 Å². The second kappa shape index (κ2) is 6.75. The standard InChI is InChI=1S/C16H25N3O/c1-12-10-14(17)7-8-15(12)18-16(20)4-3-9-19(2)11-13-5-6-13/h7-8,10,13H,3-6,9,11,17H2,1-2H3,(H,18,20). The Bertz CT molecular complexity index is 469. The molecule has 0 heterocycles. The Kier molecular flexibility index (Phi) is 5.01. The van der Waals surface area contributed by atoms with Crippen molar-refractivity contribution in [1.82, 2.24) is 4.90 Å². The van der Waals surface area contributed by atoms with Gasteiger partial charge < -0.3 is 16.0 Å². The number of benzene rings is 1. The summed E-state index contributed by atoms with van der Waals surface area (Å²) in [6, 6.07) is 5.55. The number of aryl methyl sites for hydroxylation is 1. The number of nitrogens with zero attached hydrogens (tertiary/aromatic N) is 1. The van der Waals surface area contributed by atoms with Gasteiger partial charge in [-0.15, -0.1) is 0 Å². The molecule has 1 aliphatic rings. The van der Waals surface area contributed by atoms with Crippen LogP contribution in [0.4, 0.5) is 11.4 Å². The van der Waals surface area contributed by atoms with E-state index in [9.17, 15) is 4.79 Å². The molecule has 0 spiro atoms. The molecule has 2 rings (SSSR count). The van der Waals surface area contributed by atoms with E-state index < -0.39 is 0 Å². The predicted octanol–water partition coefficient (Wildman–Crippen LogP) is 2.64. The molecule has 0 aliphatic heterocycles. The van der Waals surface area contributed by atoms with Crippen LogP contribution in [0.3, 0.4) is 0 Å². The van der Waals surface area contributed by atoms with Crippen LogP contribution >= 0.6 is 0 Å². The number of amides is 1. The van der Waals surface area contributed by atoms with E-state index in [0.29, 0.717) is 6.42 Å². The maximum Gasteiger partial charge on any atom is 0.224 e. The molecule has 0 atom stereocenters. The van der Waals surface area contributed by atoms with Crippen LogP contribution in [0.1, 0.15) is 31.2 Å². The lowest BCUT2D eigenvalue weighted by molar-refractivity contribution is -0.116. The highest BCUT2D eigenvalue weighted by atomic mass is 16.1. The van der Waals surface area contributed by atoms with Crippen LogP contribution in [-0.2, 0) is 4.79 Å². The molecule has 1 aromatic carbocycles. The molecule has 1 aliphatic carbocycles. The van der Waals surface area contributed by atoms with Crippen LogP contribution in [0.5, 0.6) is 0 Å². The SMILES string of the molecule is Cc1cc(N)ccc1NC(=O)CCCN(C)CC1CC1. The van der Waals surface area contributed by atoms with Crippen molar-refractivity contribution in [2.24, 2.45) is 5.92 Å². The summed E-state index contributed by atoms with van der Waals surface area (Å²) in [4.78, 5) is 14.2. The molecule has 1 aromatic rings. The van der Waals surface area contributed by atoms with Crippen LogP contribution < -0.4 is 11.1 Å². The van der Waals surface area contributed by atoms with Crippen LogP contribution in [0.25, 0.3) is 0 Å². The number of anilines is 2. The molecule has 4 heteroatoms. The molecule has 0 aromatic heterocycles. The normalized spacial score (nSPS) is 14.6. The Hall–Kier alpha value is -1.55. The average Bonchev–Trinajstić information content (AvgIpc) is 3.16. The highest BCUT2D eigenvalue weighted by Crippen LogP contribution is 2.29. The molecule has 0 bridgehead atoms. The van der Waals surface area contributed by atoms with Crippen LogP contribution in [0.15, 0.2) is 18.2 Å². The second-order valence-electron chi connectivity index (χ2n) is 5.93. The maximum atomic E-state index is 11.9. The van der Waals surface area contributed by atoms with Gasteiger partial charge in [-0.3, -0.25) is 4.79 Å². The van der Waals surface area contributed by atoms with Crippen molar-refractivity contribution >= 4 is 17.3 Å². The summed E-state index contributed by atoms with van der Waals surface area (Å²) in [5.41, 5.74) is 8.28. The highest BCUT2D eigenvalue weighted by Gasteiger charge is 2.22. The van der Waals surface area contributed by atoms with E-state index >= 15 is 0 Å². The average molecular weight is 275 g/mol. The number of nitrogens with one attached hydrogen (secondary N) is 1. The zero-order valence-corrected chi connectivity index (χ0v) is 12.5. The van der Waals surface area contributed by atoms with Gasteiger partial charge in [-0.05, 0) is 69.5 Å². The van der Waals surface area contributed by atoms with Gasteiger partial charge in [-0.25, -0.2) is 0 Å². The lowest BCUT2D eigenvalue weighted by Gasteiger charge is -2.15. The predicted molar refractivity (Wildman–Crippen MR) is 83.7 cm³/mol. The number of rotatable bonds is 7. The van der Waals surface area contributed by atoms with Gasteiger partial charge in [0.1, 0.15) is 0 Å². The van der Waals surface area contributed by atoms with E-state index in [2.05, 4.69) is 17.3 Å². The molecule has 4 nitrogen and oxygen atoms in total. The molecule has 110 valence electrons. The fourth-order valence-corrected chi connectivity index (χ4v) is 2.38. The van der Waals surface area contributed by atoms with E-state index in [0.717, 1.165) is 35.8 Å². The third-order valence-electron chi connectivity index (χ3n) is 3.74. The molecule has 3 N–H and O–H groups in total. The first-order valence-electron chi connectivity index (χ1n) is 7.39. The first kappa shape index (κ1) is 14.9. The molecular formula is C16H25N3O. The lowest BCUT2D eigenvalue weighted by Crippen LogP contribution is -2.23. The quantitative estimate of drug-likeness (QED) is 0.752. The smallest absolute Gasteiger partial charge is 0.224 e. The van der Waals surface area contributed by atoms with Gasteiger partial charge in [-0.1, -0.05) is 0 Å². The summed E-state index contributed by atoms with van der Waals surface area (Å²) in [7, 11) is 2.14. The van der Waals surface area contributed by atoms with Crippen molar-refractivity contribution in [3.05, 3.63) is 23.8 Å². The Morgan fingerprint density at radius 3 is 2.85 bits per heavy atom. The summed E-state index contributed by atoms with van der Waals surface area (Å²) < 4.78 is 0. The van der Waals surface area contributed by atoms with Gasteiger partial charge in [0.2, 0.25) is 5.91 Å². The minimum atomic E-state index is 0.0812. The third kappa shape index (κ3) is 4.85. The number of hydrogen-bond acceptors (Lipinski definition) is 3. The molecular weight excluding hydrogens is 250 g/mol. The first-order valence-corrected chi connectivity index (χ1v) is 7.39. The monoisotopic (exact) mass is 275 g/mol. The summed E-state index contributed by atoms with van der Waals surface area (Å²) in [6.45, 7) is 4.12. The minimum Gasteiger partial charge on any atom is -0.399 e. The first-order chi connectivity index (χ1) is 9.54. The van der Waals surface area contributed by atoms with Gasteiger partial charge in [0.15, 0.2) is 0 Å². The summed E-state index contributed by atoms with van der Waals surface area (Å²) in [5, 5.41) is 2.95. The molecule has 0 unspecified atom stereocenters. The van der Waals surface area contributed by atoms with Gasteiger partial charge in [0.05, 0.1) is 0 Å². The Morgan fingerprint density at radius 1 is 1.45 bits per heavy atom. The van der Waals surface area contributed by atoms with Crippen LogP contribution in [0.2, 0.25) is 0 Å². The summed E-state index contributed by atoms with van der Waals surface area (Å²) in [5.74, 6) is 0.990. The number of nitrogens with two attached hydrogens (primary N) is 1. The van der Waals surface area contributed by atoms with Crippen molar-refractivity contribution in [3.8, 4) is 0 Å². The molecule has 1 fully saturated rings. The minimum absolute atomic E-state index is 0.0812. The lowest BCUT2D eigenvalue weighted by atomic mass is 10.1. The number of carbonyl (C=O) groups excluding carboxylic acids is 1. The van der Waals surface area contributed by atoms with Gasteiger partial charge in [0.25, 0.3) is 0 Å². The third-order valence-corrected chi connectivity index (χ3v) is 3.74. The van der Waals surface area contributed by atoms with Crippen molar-refractivity contribution in [2.45, 2.75) is 32.6 Å². The Balaban J connectivity index is 1.69. The topological polar surface area (TPSA) is 58.4 Å². The maximum absolute atomic E-state index is 11.9. The van der Waals surface area contributed by atoms with E-state index in [1.54, 1.807) is 0 Å². The molecule has 0 radical (unpaired) electrons. The Morgan fingerprint density at radius 2 is 2.20 bits per heavy atom. The van der Waals surface area contributed by atoms with Crippen molar-refractivity contribution < 1.29 is 4.79 Å². The number of hydrogen-bond donors (Lipinski definition) is 2. The molecule has 0 saturated heterocycles. The van der Waals surface area contributed by atoms with Crippen molar-refractivity contribution in [3.63, 3.8) is 0 Å². The van der Waals surface area contributed by atoms with E-state index in [1.807, 2.05) is 25.1 Å². The zero-order valence-electron chi connectivity index (χ0n) is 12.5. The van der Waals surface area contributed by atoms with Gasteiger partial charge >= 0.3 is 0 Å². The zero-order chi connectivity index (χ0) is 14.5. The highest BCUT2D eigenvalue weighted by molar-refractivity contribution is 5.91. The summed E-state index contributed by atoms with van der Waals surface area (Å²) >= 11 is 0. The number of nitrogen functional groups attached to an aromatic ring is 1. The van der Waals surface area contributed by atoms with Gasteiger partial charge in [-0.2, -0.15) is 0 Å². The van der Waals surface area contributed by atoms with E-state index in [1.165, 1.54) is 19.4 Å². The van der Waals surface area contributed by atoms with E-state index in [4.69, 9.17) is 5.73 Å². The fraction of sp³-hybridized carbons (Fsp3) is 0.562. The summed E-state index contributed by atoms with van der Waals surface area (Å²) in [6.07, 6.45) is 4.23. The van der Waals surface area contributed by atoms with E-state index in [-0.39, 0.29) is 5.91 Å². The Labute approximate surface area is 121 Å². The number of carbonyl (C=O) groups is 1.